The number of benzene rings is 3. The highest BCUT2D eigenvalue weighted by atomic mass is 16.6. The van der Waals surface area contributed by atoms with Crippen molar-refractivity contribution in [2.45, 2.75) is 37.8 Å². The fourth-order valence-electron chi connectivity index (χ4n) is 4.82. The molecule has 2 aliphatic rings. The van der Waals surface area contributed by atoms with E-state index in [0.29, 0.717) is 11.1 Å². The summed E-state index contributed by atoms with van der Waals surface area (Å²) in [6.07, 6.45) is -5.31. The van der Waals surface area contributed by atoms with Crippen molar-refractivity contribution in [3.63, 3.8) is 0 Å². The number of hydrogen-bond acceptors (Lipinski definition) is 13. The van der Waals surface area contributed by atoms with Gasteiger partial charge in [-0.3, -0.25) is 14.4 Å². The maximum Gasteiger partial charge on any atom is 0.317 e. The molecule has 0 aliphatic carbocycles. The number of Topliss-reactive ketones (excluding diaryl/α,β-unsaturated/α-hetero) is 1. The second-order valence-electron chi connectivity index (χ2n) is 9.68. The van der Waals surface area contributed by atoms with Crippen molar-refractivity contribution in [2.24, 2.45) is 0 Å². The smallest absolute Gasteiger partial charge is 0.317 e. The molecule has 13 nitrogen and oxygen atoms in total. The molecule has 4 N–H and O–H groups in total. The van der Waals surface area contributed by atoms with Crippen LogP contribution in [0.3, 0.4) is 0 Å². The number of methoxy groups -OCH3 is 1. The maximum atomic E-state index is 12.9. The molecule has 0 spiro atoms. The summed E-state index contributed by atoms with van der Waals surface area (Å²) in [6, 6.07) is 11.2. The standard InChI is InChI=1S/C30H28O13/c1-3-39-24(34)12-25(35)40-13-23-29(14-4-6-17(32)20(8-14)38-2)42-21-9-15(5-7-19(21)41-23)30-28(37)27(36)26-18(33)10-16(31)11-22(26)43-30/h4-11,23,28-33,37H,3,12-13H2,1-2H3/t23-,28-,29+,30+/m0/s1. The number of ketones is 1. The van der Waals surface area contributed by atoms with Crippen molar-refractivity contribution in [1.82, 2.24) is 0 Å². The van der Waals surface area contributed by atoms with Gasteiger partial charge in [-0.15, -0.1) is 0 Å². The molecular formula is C30H28O13. The Morgan fingerprint density at radius 3 is 2.26 bits per heavy atom. The van der Waals surface area contributed by atoms with Crippen molar-refractivity contribution in [3.05, 3.63) is 65.2 Å². The van der Waals surface area contributed by atoms with Crippen molar-refractivity contribution in [1.29, 1.82) is 0 Å². The molecule has 2 heterocycles. The number of aromatic hydroxyl groups is 3. The SMILES string of the molecule is CCOC(=O)CC(=O)OC[C@@H]1Oc2ccc([C@H]3Oc4cc(O)cc(O)c4C(=O)[C@@H]3O)cc2O[C@@H]1c1ccc(O)c(OC)c1. The topological polar surface area (TPSA) is 188 Å². The van der Waals surface area contributed by atoms with Crippen LogP contribution >= 0.6 is 0 Å². The van der Waals surface area contributed by atoms with Crippen LogP contribution in [0.1, 0.15) is 47.0 Å². The van der Waals surface area contributed by atoms with Crippen LogP contribution in [0.15, 0.2) is 48.5 Å². The number of aliphatic hydroxyl groups is 1. The predicted octanol–water partition coefficient (Wildman–Crippen LogP) is 2.87. The third-order valence-corrected chi connectivity index (χ3v) is 6.82. The normalized spacial score (nSPS) is 20.4. The van der Waals surface area contributed by atoms with Gasteiger partial charge in [0, 0.05) is 17.7 Å². The second kappa shape index (κ2) is 12.0. The molecule has 13 heteroatoms. The van der Waals surface area contributed by atoms with Gasteiger partial charge in [-0.05, 0) is 36.8 Å². The number of carbonyl (C=O) groups excluding carboxylic acids is 3. The number of esters is 2. The number of hydrogen-bond donors (Lipinski definition) is 4. The Morgan fingerprint density at radius 1 is 0.814 bits per heavy atom. The number of phenolic OH excluding ortho intramolecular Hbond substituents is 3. The fourth-order valence-corrected chi connectivity index (χ4v) is 4.82. The van der Waals surface area contributed by atoms with Gasteiger partial charge in [-0.25, -0.2) is 0 Å². The molecule has 226 valence electrons. The highest BCUT2D eigenvalue weighted by Crippen LogP contribution is 2.46. The first kappa shape index (κ1) is 29.3. The van der Waals surface area contributed by atoms with E-state index in [1.54, 1.807) is 13.0 Å². The molecule has 0 fully saturated rings. The Hall–Kier alpha value is -5.17. The van der Waals surface area contributed by atoms with Crippen LogP contribution in [0.4, 0.5) is 0 Å². The largest absolute Gasteiger partial charge is 0.508 e. The number of ether oxygens (including phenoxy) is 6. The number of fused-ring (bicyclic) bond motifs is 2. The summed E-state index contributed by atoms with van der Waals surface area (Å²) in [5, 5.41) is 40.8. The molecular weight excluding hydrogens is 568 g/mol. The van der Waals surface area contributed by atoms with Gasteiger partial charge in [-0.2, -0.15) is 0 Å². The quantitative estimate of drug-likeness (QED) is 0.220. The molecule has 4 atom stereocenters. The van der Waals surface area contributed by atoms with E-state index in [9.17, 15) is 34.8 Å². The molecule has 0 unspecified atom stereocenters. The van der Waals surface area contributed by atoms with Crippen LogP contribution in [-0.4, -0.2) is 70.7 Å². The second-order valence-corrected chi connectivity index (χ2v) is 9.68. The molecule has 43 heavy (non-hydrogen) atoms. The number of rotatable bonds is 8. The summed E-state index contributed by atoms with van der Waals surface area (Å²) in [5.41, 5.74) is 0.556. The minimum Gasteiger partial charge on any atom is -0.508 e. The van der Waals surface area contributed by atoms with Crippen LogP contribution in [0, 0.1) is 0 Å². The van der Waals surface area contributed by atoms with E-state index in [0.717, 1.165) is 12.1 Å². The molecule has 0 aromatic heterocycles. The molecule has 3 aromatic carbocycles. The van der Waals surface area contributed by atoms with Crippen LogP contribution in [0.2, 0.25) is 0 Å². The van der Waals surface area contributed by atoms with E-state index in [-0.39, 0.29) is 53.3 Å². The lowest BCUT2D eigenvalue weighted by molar-refractivity contribution is -0.157. The zero-order valence-electron chi connectivity index (χ0n) is 23.0. The van der Waals surface area contributed by atoms with Crippen LogP contribution in [0.5, 0.6) is 40.2 Å². The number of carbonyl (C=O) groups is 3. The van der Waals surface area contributed by atoms with Gasteiger partial charge in [-0.1, -0.05) is 12.1 Å². The monoisotopic (exact) mass is 596 g/mol. The summed E-state index contributed by atoms with van der Waals surface area (Å²) < 4.78 is 33.5. The molecule has 0 saturated heterocycles. The summed E-state index contributed by atoms with van der Waals surface area (Å²) in [4.78, 5) is 36.8. The lowest BCUT2D eigenvalue weighted by Gasteiger charge is -2.35. The first-order chi connectivity index (χ1) is 20.6. The average molecular weight is 597 g/mol. The minimum atomic E-state index is -1.69. The van der Waals surface area contributed by atoms with E-state index in [2.05, 4.69) is 0 Å². The van der Waals surface area contributed by atoms with Crippen molar-refractivity contribution in [3.8, 4) is 40.2 Å². The van der Waals surface area contributed by atoms with Crippen molar-refractivity contribution in [2.75, 3.05) is 20.3 Å². The van der Waals surface area contributed by atoms with Crippen LogP contribution in [0.25, 0.3) is 0 Å². The Morgan fingerprint density at radius 2 is 1.51 bits per heavy atom. The van der Waals surface area contributed by atoms with E-state index < -0.39 is 54.3 Å². The highest BCUT2D eigenvalue weighted by Gasteiger charge is 2.41. The van der Waals surface area contributed by atoms with Gasteiger partial charge in [0.15, 0.2) is 47.4 Å². The first-order valence-electron chi connectivity index (χ1n) is 13.2. The van der Waals surface area contributed by atoms with Gasteiger partial charge in [0.05, 0.1) is 13.7 Å². The number of aliphatic hydroxyl groups excluding tert-OH is 1. The molecule has 2 aliphatic heterocycles. The maximum absolute atomic E-state index is 12.9. The third kappa shape index (κ3) is 5.93. The van der Waals surface area contributed by atoms with Gasteiger partial charge in [0.1, 0.15) is 35.8 Å². The Bertz CT molecular complexity index is 1570. The van der Waals surface area contributed by atoms with Gasteiger partial charge >= 0.3 is 11.9 Å². The zero-order valence-corrected chi connectivity index (χ0v) is 23.0. The summed E-state index contributed by atoms with van der Waals surface area (Å²) >= 11 is 0. The summed E-state index contributed by atoms with van der Waals surface area (Å²) in [6.45, 7) is 1.42. The van der Waals surface area contributed by atoms with E-state index >= 15 is 0 Å². The Labute approximate surface area is 244 Å². The molecule has 0 amide bonds. The van der Waals surface area contributed by atoms with E-state index in [1.807, 2.05) is 0 Å². The molecule has 0 bridgehead atoms. The van der Waals surface area contributed by atoms with Crippen LogP contribution in [-0.2, 0) is 19.1 Å². The fraction of sp³-hybridized carbons (Fsp3) is 0.300. The lowest BCUT2D eigenvalue weighted by Crippen LogP contribution is -2.38. The van der Waals surface area contributed by atoms with Gasteiger partial charge < -0.3 is 48.8 Å². The summed E-state index contributed by atoms with van der Waals surface area (Å²) in [5.74, 6) is -2.84. The van der Waals surface area contributed by atoms with E-state index in [4.69, 9.17) is 28.4 Å². The van der Waals surface area contributed by atoms with Gasteiger partial charge in [0.25, 0.3) is 0 Å². The molecule has 0 radical (unpaired) electrons. The molecule has 5 rings (SSSR count). The highest BCUT2D eigenvalue weighted by molar-refractivity contribution is 6.05. The zero-order chi connectivity index (χ0) is 30.8. The predicted molar refractivity (Wildman–Crippen MR) is 145 cm³/mol. The Balaban J connectivity index is 1.44. The average Bonchev–Trinajstić information content (AvgIpc) is 2.97. The van der Waals surface area contributed by atoms with Crippen LogP contribution < -0.4 is 18.9 Å². The van der Waals surface area contributed by atoms with Gasteiger partial charge in [0.2, 0.25) is 5.78 Å². The lowest BCUT2D eigenvalue weighted by atomic mass is 9.92. The van der Waals surface area contributed by atoms with Crippen molar-refractivity contribution >= 4 is 17.7 Å². The molecule has 3 aromatic rings. The number of phenols is 3. The van der Waals surface area contributed by atoms with Crippen molar-refractivity contribution < 1.29 is 63.2 Å². The third-order valence-electron chi connectivity index (χ3n) is 6.82. The molecule has 0 saturated carbocycles. The Kier molecular flexibility index (Phi) is 8.17. The first-order valence-corrected chi connectivity index (χ1v) is 13.2. The van der Waals surface area contributed by atoms with E-state index in [1.165, 1.54) is 37.4 Å². The minimum absolute atomic E-state index is 0.105. The summed E-state index contributed by atoms with van der Waals surface area (Å²) in [7, 11) is 1.38.